The first-order valence-electron chi connectivity index (χ1n) is 5.96. The highest BCUT2D eigenvalue weighted by Crippen LogP contribution is 2.47. The highest BCUT2D eigenvalue weighted by Gasteiger charge is 2.18. The summed E-state index contributed by atoms with van der Waals surface area (Å²) < 4.78 is 8.44. The third-order valence-corrected chi connectivity index (χ3v) is 5.04. The fourth-order valence-electron chi connectivity index (χ4n) is 1.81. The van der Waals surface area contributed by atoms with Gasteiger partial charge in [0.15, 0.2) is 0 Å². The lowest BCUT2D eigenvalue weighted by Gasteiger charge is -2.11. The molecule has 4 nitrogen and oxygen atoms in total. The zero-order chi connectivity index (χ0) is 14.1. The number of halogens is 2. The Bertz CT molecular complexity index is 735. The molecule has 1 N–H and O–H groups in total. The maximum absolute atomic E-state index is 6.24. The molecule has 20 heavy (non-hydrogen) atoms. The Morgan fingerprint density at radius 3 is 2.75 bits per heavy atom. The van der Waals surface area contributed by atoms with Gasteiger partial charge in [0.05, 0.1) is 38.6 Å². The van der Waals surface area contributed by atoms with Gasteiger partial charge in [0.1, 0.15) is 11.4 Å². The van der Waals surface area contributed by atoms with Crippen LogP contribution >= 0.6 is 34.5 Å². The van der Waals surface area contributed by atoms with Crippen LogP contribution in [0, 0.1) is 0 Å². The lowest BCUT2D eigenvalue weighted by Crippen LogP contribution is -1.98. The van der Waals surface area contributed by atoms with Gasteiger partial charge in [0, 0.05) is 11.1 Å². The van der Waals surface area contributed by atoms with Gasteiger partial charge in [-0.1, -0.05) is 30.1 Å². The van der Waals surface area contributed by atoms with Crippen LogP contribution in [-0.4, -0.2) is 4.98 Å². The number of rotatable bonds is 4. The van der Waals surface area contributed by atoms with E-state index in [-0.39, 0.29) is 0 Å². The Balaban J connectivity index is 1.85. The summed E-state index contributed by atoms with van der Waals surface area (Å²) in [6.07, 6.45) is 2.84. The maximum atomic E-state index is 6.24. The van der Waals surface area contributed by atoms with Crippen LogP contribution in [0.3, 0.4) is 0 Å². The number of thiazole rings is 1. The molecule has 1 aliphatic rings. The predicted molar refractivity (Wildman–Crippen MR) is 86.8 cm³/mol. The van der Waals surface area contributed by atoms with Crippen molar-refractivity contribution in [2.45, 2.75) is 19.9 Å². The molecule has 0 amide bonds. The SMILES string of the molecule is CCc1ncc(CNc2c(Cl)cc(Cl)c3c2N=S=N3)s1. The van der Waals surface area contributed by atoms with E-state index in [2.05, 4.69) is 25.9 Å². The van der Waals surface area contributed by atoms with Crippen molar-refractivity contribution in [2.75, 3.05) is 5.32 Å². The molecular formula is C12H10Cl2N4S2. The zero-order valence-electron chi connectivity index (χ0n) is 10.5. The van der Waals surface area contributed by atoms with E-state index in [1.165, 1.54) is 0 Å². The minimum atomic E-state index is 0.523. The molecule has 2 heterocycles. The van der Waals surface area contributed by atoms with E-state index in [1.54, 1.807) is 17.4 Å². The maximum Gasteiger partial charge on any atom is 0.130 e. The number of hydrogen-bond donors (Lipinski definition) is 1. The standard InChI is InChI=1S/C12H10Cl2N4S2/c1-2-9-15-4-6(19-9)5-16-10-7(13)3-8(14)11-12(10)18-20-17-11/h3-4,16H,2,5H2,1H3. The van der Waals surface area contributed by atoms with Gasteiger partial charge >= 0.3 is 0 Å². The lowest BCUT2D eigenvalue weighted by molar-refractivity contribution is 1.09. The van der Waals surface area contributed by atoms with Crippen LogP contribution in [0.1, 0.15) is 16.8 Å². The molecular weight excluding hydrogens is 335 g/mol. The van der Waals surface area contributed by atoms with E-state index in [0.29, 0.717) is 28.0 Å². The van der Waals surface area contributed by atoms with E-state index < -0.39 is 0 Å². The van der Waals surface area contributed by atoms with Gasteiger partial charge in [0.25, 0.3) is 0 Å². The lowest BCUT2D eigenvalue weighted by atomic mass is 10.2. The minimum absolute atomic E-state index is 0.523. The molecule has 0 saturated carbocycles. The summed E-state index contributed by atoms with van der Waals surface area (Å²) in [7, 11) is 0. The van der Waals surface area contributed by atoms with Crippen molar-refractivity contribution in [1.82, 2.24) is 4.98 Å². The third kappa shape index (κ3) is 2.61. The van der Waals surface area contributed by atoms with Crippen molar-refractivity contribution in [3.05, 3.63) is 32.2 Å². The molecule has 0 unspecified atom stereocenters. The summed E-state index contributed by atoms with van der Waals surface area (Å²) >= 11 is 15.2. The first kappa shape index (κ1) is 14.0. The van der Waals surface area contributed by atoms with Crippen molar-refractivity contribution in [2.24, 2.45) is 8.73 Å². The van der Waals surface area contributed by atoms with Crippen LogP contribution in [0.5, 0.6) is 0 Å². The van der Waals surface area contributed by atoms with Gasteiger partial charge in [-0.15, -0.1) is 11.3 Å². The van der Waals surface area contributed by atoms with Crippen LogP contribution in [0.15, 0.2) is 21.0 Å². The minimum Gasteiger partial charge on any atom is -0.377 e. The van der Waals surface area contributed by atoms with Crippen molar-refractivity contribution in [3.8, 4) is 0 Å². The summed E-state index contributed by atoms with van der Waals surface area (Å²) in [5.74, 6) is 0. The largest absolute Gasteiger partial charge is 0.377 e. The van der Waals surface area contributed by atoms with E-state index in [0.717, 1.165) is 33.3 Å². The van der Waals surface area contributed by atoms with Gasteiger partial charge < -0.3 is 5.32 Å². The highest BCUT2D eigenvalue weighted by molar-refractivity contribution is 7.58. The first-order valence-corrected chi connectivity index (χ1v) is 8.27. The molecule has 0 radical (unpaired) electrons. The van der Waals surface area contributed by atoms with Gasteiger partial charge in [-0.3, -0.25) is 0 Å². The Kier molecular flexibility index (Phi) is 4.07. The van der Waals surface area contributed by atoms with Crippen molar-refractivity contribution in [1.29, 1.82) is 0 Å². The Morgan fingerprint density at radius 2 is 2.00 bits per heavy atom. The van der Waals surface area contributed by atoms with Crippen LogP contribution < -0.4 is 5.32 Å². The summed E-state index contributed by atoms with van der Waals surface area (Å²) in [5, 5.41) is 5.51. The highest BCUT2D eigenvalue weighted by atomic mass is 35.5. The first-order chi connectivity index (χ1) is 9.69. The average Bonchev–Trinajstić information content (AvgIpc) is 3.06. The number of hydrogen-bond acceptors (Lipinski definition) is 5. The number of aromatic nitrogens is 1. The fraction of sp³-hybridized carbons (Fsp3) is 0.250. The van der Waals surface area contributed by atoms with Gasteiger partial charge in [-0.2, -0.15) is 8.73 Å². The molecule has 1 aliphatic heterocycles. The number of aryl methyl sites for hydroxylation is 1. The molecule has 0 atom stereocenters. The van der Waals surface area contributed by atoms with Crippen molar-refractivity contribution in [3.63, 3.8) is 0 Å². The third-order valence-electron chi connectivity index (χ3n) is 2.79. The second-order valence-corrected chi connectivity index (χ2v) is 6.65. The molecule has 0 spiro atoms. The Labute approximate surface area is 134 Å². The molecule has 0 bridgehead atoms. The van der Waals surface area contributed by atoms with Crippen LogP contribution in [0.25, 0.3) is 0 Å². The molecule has 0 aliphatic carbocycles. The quantitative estimate of drug-likeness (QED) is 0.693. The van der Waals surface area contributed by atoms with E-state index in [1.807, 2.05) is 6.20 Å². The molecule has 1 aromatic heterocycles. The van der Waals surface area contributed by atoms with Gasteiger partial charge in [-0.25, -0.2) is 4.98 Å². The molecule has 2 aromatic rings. The average molecular weight is 345 g/mol. The van der Waals surface area contributed by atoms with E-state index in [9.17, 15) is 0 Å². The molecule has 0 fully saturated rings. The number of benzene rings is 1. The topological polar surface area (TPSA) is 49.6 Å². The predicted octanol–water partition coefficient (Wildman–Crippen LogP) is 5.35. The van der Waals surface area contributed by atoms with Gasteiger partial charge in [0.2, 0.25) is 0 Å². The van der Waals surface area contributed by atoms with Crippen LogP contribution in [0.4, 0.5) is 17.1 Å². The van der Waals surface area contributed by atoms with Crippen LogP contribution in [-0.2, 0) is 24.3 Å². The smallest absolute Gasteiger partial charge is 0.130 e. The number of nitrogens with one attached hydrogen (secondary N) is 1. The molecule has 0 saturated heterocycles. The van der Waals surface area contributed by atoms with Crippen LogP contribution in [0.2, 0.25) is 10.0 Å². The second kappa shape index (κ2) is 5.81. The summed E-state index contributed by atoms with van der Waals surface area (Å²) in [6.45, 7) is 2.75. The molecule has 8 heteroatoms. The zero-order valence-corrected chi connectivity index (χ0v) is 13.6. The molecule has 3 rings (SSSR count). The normalized spacial score (nSPS) is 12.3. The summed E-state index contributed by atoms with van der Waals surface area (Å²) in [6, 6.07) is 1.69. The molecule has 104 valence electrons. The number of fused-ring (bicyclic) bond motifs is 1. The second-order valence-electron chi connectivity index (χ2n) is 4.10. The monoisotopic (exact) mass is 344 g/mol. The van der Waals surface area contributed by atoms with Crippen molar-refractivity contribution >= 4 is 63.0 Å². The van der Waals surface area contributed by atoms with Crippen molar-refractivity contribution < 1.29 is 0 Å². The molecule has 1 aromatic carbocycles. The van der Waals surface area contributed by atoms with E-state index >= 15 is 0 Å². The van der Waals surface area contributed by atoms with Gasteiger partial charge in [-0.05, 0) is 12.5 Å². The summed E-state index contributed by atoms with van der Waals surface area (Å²) in [5.41, 5.74) is 2.17. The Hall–Kier alpha value is -0.950. The Morgan fingerprint density at radius 1 is 1.20 bits per heavy atom. The number of anilines is 1. The summed E-state index contributed by atoms with van der Waals surface area (Å²) in [4.78, 5) is 5.49. The van der Waals surface area contributed by atoms with E-state index in [4.69, 9.17) is 23.2 Å². The number of nitrogens with zero attached hydrogens (tertiary/aromatic N) is 3. The fourth-order valence-corrected chi connectivity index (χ4v) is 3.79.